The lowest BCUT2D eigenvalue weighted by Crippen LogP contribution is -2.05. The molecule has 6 nitrogen and oxygen atoms in total. The summed E-state index contributed by atoms with van der Waals surface area (Å²) < 4.78 is 12.0. The third kappa shape index (κ3) is 2.85. The summed E-state index contributed by atoms with van der Waals surface area (Å²) in [6.07, 6.45) is 3.38. The van der Waals surface area contributed by atoms with Crippen molar-refractivity contribution in [3.05, 3.63) is 36.2 Å². The van der Waals surface area contributed by atoms with E-state index in [1.807, 2.05) is 6.92 Å². The van der Waals surface area contributed by atoms with E-state index in [1.54, 1.807) is 35.3 Å². The second-order valence-electron chi connectivity index (χ2n) is 3.87. The fourth-order valence-corrected chi connectivity index (χ4v) is 1.59. The molecule has 1 heterocycles. The first-order valence-corrected chi connectivity index (χ1v) is 5.82. The van der Waals surface area contributed by atoms with Gasteiger partial charge >= 0.3 is 5.97 Å². The van der Waals surface area contributed by atoms with Crippen LogP contribution in [0.1, 0.15) is 17.3 Å². The number of nitrogens with zero attached hydrogens (tertiary/aromatic N) is 2. The SMILES string of the molecule is CCn1cc(Oc2ccc(N)c(C(=O)OC)c2)cn1. The van der Waals surface area contributed by atoms with E-state index in [4.69, 9.17) is 10.5 Å². The van der Waals surface area contributed by atoms with Crippen molar-refractivity contribution in [3.63, 3.8) is 0 Å². The summed E-state index contributed by atoms with van der Waals surface area (Å²) in [5.74, 6) is 0.611. The zero-order valence-corrected chi connectivity index (χ0v) is 10.8. The Labute approximate surface area is 110 Å². The Balaban J connectivity index is 2.23. The molecular weight excluding hydrogens is 246 g/mol. The van der Waals surface area contributed by atoms with E-state index in [1.165, 1.54) is 7.11 Å². The molecule has 2 rings (SSSR count). The zero-order chi connectivity index (χ0) is 13.8. The summed E-state index contributed by atoms with van der Waals surface area (Å²) in [5.41, 5.74) is 6.34. The Morgan fingerprint density at radius 1 is 1.42 bits per heavy atom. The molecule has 0 aliphatic heterocycles. The number of ether oxygens (including phenoxy) is 2. The van der Waals surface area contributed by atoms with Crippen molar-refractivity contribution in [2.75, 3.05) is 12.8 Å². The summed E-state index contributed by atoms with van der Waals surface area (Å²) in [5, 5.41) is 4.10. The van der Waals surface area contributed by atoms with Crippen LogP contribution in [0.15, 0.2) is 30.6 Å². The quantitative estimate of drug-likeness (QED) is 0.673. The van der Waals surface area contributed by atoms with Gasteiger partial charge in [0.1, 0.15) is 5.75 Å². The second kappa shape index (κ2) is 5.43. The van der Waals surface area contributed by atoms with Crippen LogP contribution >= 0.6 is 0 Å². The number of carbonyl (C=O) groups excluding carboxylic acids is 1. The number of nitrogens with two attached hydrogens (primary N) is 1. The van der Waals surface area contributed by atoms with Gasteiger partial charge in [-0.05, 0) is 25.1 Å². The van der Waals surface area contributed by atoms with Crippen LogP contribution < -0.4 is 10.5 Å². The van der Waals surface area contributed by atoms with E-state index in [-0.39, 0.29) is 5.56 Å². The largest absolute Gasteiger partial charge is 0.465 e. The third-order valence-corrected chi connectivity index (χ3v) is 2.60. The Morgan fingerprint density at radius 3 is 2.84 bits per heavy atom. The number of hydrogen-bond acceptors (Lipinski definition) is 5. The first-order chi connectivity index (χ1) is 9.13. The predicted octanol–water partition coefficient (Wildman–Crippen LogP) is 2.06. The molecule has 0 unspecified atom stereocenters. The molecule has 0 bridgehead atoms. The van der Waals surface area contributed by atoms with Gasteiger partial charge in [0.25, 0.3) is 0 Å². The van der Waals surface area contributed by atoms with Crippen LogP contribution in [0, 0.1) is 0 Å². The molecule has 6 heteroatoms. The van der Waals surface area contributed by atoms with Crippen LogP contribution in [0.3, 0.4) is 0 Å². The van der Waals surface area contributed by atoms with Crippen LogP contribution in [0.5, 0.6) is 11.5 Å². The van der Waals surface area contributed by atoms with Crippen LogP contribution in [-0.2, 0) is 11.3 Å². The maximum absolute atomic E-state index is 11.5. The standard InChI is InChI=1S/C13H15N3O3/c1-3-16-8-10(7-15-16)19-9-4-5-12(14)11(6-9)13(17)18-2/h4-8H,3,14H2,1-2H3. The van der Waals surface area contributed by atoms with Gasteiger partial charge in [0.2, 0.25) is 0 Å². The molecule has 0 amide bonds. The lowest BCUT2D eigenvalue weighted by atomic mass is 10.2. The molecule has 0 saturated heterocycles. The molecule has 0 radical (unpaired) electrons. The maximum Gasteiger partial charge on any atom is 0.340 e. The highest BCUT2D eigenvalue weighted by Gasteiger charge is 2.12. The molecule has 2 aromatic rings. The van der Waals surface area contributed by atoms with Gasteiger partial charge in [0, 0.05) is 12.2 Å². The number of aromatic nitrogens is 2. The normalized spacial score (nSPS) is 10.2. The van der Waals surface area contributed by atoms with E-state index in [9.17, 15) is 4.79 Å². The summed E-state index contributed by atoms with van der Waals surface area (Å²) in [6.45, 7) is 2.74. The fraction of sp³-hybridized carbons (Fsp3) is 0.231. The Bertz CT molecular complexity index is 593. The van der Waals surface area contributed by atoms with Crippen molar-refractivity contribution in [1.82, 2.24) is 9.78 Å². The predicted molar refractivity (Wildman–Crippen MR) is 70.2 cm³/mol. The number of carbonyl (C=O) groups is 1. The Hall–Kier alpha value is -2.50. The Morgan fingerprint density at radius 2 is 2.21 bits per heavy atom. The van der Waals surface area contributed by atoms with Gasteiger partial charge in [0.05, 0.1) is 25.1 Å². The van der Waals surface area contributed by atoms with Gasteiger partial charge < -0.3 is 15.2 Å². The summed E-state index contributed by atoms with van der Waals surface area (Å²) >= 11 is 0. The molecule has 0 spiro atoms. The van der Waals surface area contributed by atoms with Gasteiger partial charge in [-0.3, -0.25) is 4.68 Å². The fourth-order valence-electron chi connectivity index (χ4n) is 1.59. The van der Waals surface area contributed by atoms with Crippen molar-refractivity contribution in [1.29, 1.82) is 0 Å². The monoisotopic (exact) mass is 261 g/mol. The van der Waals surface area contributed by atoms with E-state index < -0.39 is 5.97 Å². The van der Waals surface area contributed by atoms with Gasteiger partial charge in [0.15, 0.2) is 5.75 Å². The molecular formula is C13H15N3O3. The number of aryl methyl sites for hydroxylation is 1. The van der Waals surface area contributed by atoms with Gasteiger partial charge in [-0.25, -0.2) is 4.79 Å². The highest BCUT2D eigenvalue weighted by molar-refractivity contribution is 5.95. The number of hydrogen-bond donors (Lipinski definition) is 1. The summed E-state index contributed by atoms with van der Waals surface area (Å²) in [4.78, 5) is 11.5. The first kappa shape index (κ1) is 12.9. The molecule has 100 valence electrons. The van der Waals surface area contributed by atoms with Gasteiger partial charge in [-0.1, -0.05) is 0 Å². The average molecular weight is 261 g/mol. The highest BCUT2D eigenvalue weighted by Crippen LogP contribution is 2.25. The molecule has 19 heavy (non-hydrogen) atoms. The number of anilines is 1. The van der Waals surface area contributed by atoms with Crippen molar-refractivity contribution < 1.29 is 14.3 Å². The number of rotatable bonds is 4. The minimum atomic E-state index is -0.493. The van der Waals surface area contributed by atoms with Crippen molar-refractivity contribution in [3.8, 4) is 11.5 Å². The molecule has 0 fully saturated rings. The minimum Gasteiger partial charge on any atom is -0.465 e. The van der Waals surface area contributed by atoms with E-state index in [2.05, 4.69) is 9.84 Å². The minimum absolute atomic E-state index is 0.280. The second-order valence-corrected chi connectivity index (χ2v) is 3.87. The highest BCUT2D eigenvalue weighted by atomic mass is 16.5. The average Bonchev–Trinajstić information content (AvgIpc) is 2.87. The zero-order valence-electron chi connectivity index (χ0n) is 10.8. The lowest BCUT2D eigenvalue weighted by Gasteiger charge is -2.07. The maximum atomic E-state index is 11.5. The van der Waals surface area contributed by atoms with E-state index in [0.29, 0.717) is 17.2 Å². The molecule has 0 saturated carbocycles. The lowest BCUT2D eigenvalue weighted by molar-refractivity contribution is 0.0601. The van der Waals surface area contributed by atoms with Crippen molar-refractivity contribution in [2.24, 2.45) is 0 Å². The van der Waals surface area contributed by atoms with Crippen LogP contribution in [0.2, 0.25) is 0 Å². The smallest absolute Gasteiger partial charge is 0.340 e. The van der Waals surface area contributed by atoms with Crippen LogP contribution in [0.4, 0.5) is 5.69 Å². The number of esters is 1. The number of nitrogen functional groups attached to an aromatic ring is 1. The van der Waals surface area contributed by atoms with Crippen LogP contribution in [-0.4, -0.2) is 22.9 Å². The van der Waals surface area contributed by atoms with Gasteiger partial charge in [-0.15, -0.1) is 0 Å². The topological polar surface area (TPSA) is 79.4 Å². The van der Waals surface area contributed by atoms with E-state index in [0.717, 1.165) is 6.54 Å². The number of benzene rings is 1. The molecule has 0 aliphatic carbocycles. The molecule has 0 atom stereocenters. The molecule has 2 N–H and O–H groups in total. The molecule has 0 aliphatic rings. The number of methoxy groups -OCH3 is 1. The molecule has 1 aromatic carbocycles. The summed E-state index contributed by atoms with van der Waals surface area (Å²) in [7, 11) is 1.31. The summed E-state index contributed by atoms with van der Waals surface area (Å²) in [6, 6.07) is 4.83. The van der Waals surface area contributed by atoms with Crippen molar-refractivity contribution in [2.45, 2.75) is 13.5 Å². The third-order valence-electron chi connectivity index (χ3n) is 2.60. The Kier molecular flexibility index (Phi) is 3.70. The van der Waals surface area contributed by atoms with Crippen LogP contribution in [0.25, 0.3) is 0 Å². The first-order valence-electron chi connectivity index (χ1n) is 5.82. The van der Waals surface area contributed by atoms with Crippen molar-refractivity contribution >= 4 is 11.7 Å². The van der Waals surface area contributed by atoms with E-state index >= 15 is 0 Å². The van der Waals surface area contributed by atoms with Gasteiger partial charge in [-0.2, -0.15) is 5.10 Å². The molecule has 1 aromatic heterocycles.